The van der Waals surface area contributed by atoms with Gasteiger partial charge < -0.3 is 9.64 Å². The molecule has 2 saturated carbocycles. The normalized spacial score (nSPS) is 24.8. The number of nitrogens with zero attached hydrogens (tertiary/aromatic N) is 6. The zero-order chi connectivity index (χ0) is 27.3. The maximum absolute atomic E-state index is 13.5. The summed E-state index contributed by atoms with van der Waals surface area (Å²) < 4.78 is 12.6. The minimum Gasteiger partial charge on any atom is -0.476 e. The minimum absolute atomic E-state index is 0. The molecule has 1 saturated heterocycles. The number of amides is 1. The molecule has 3 aliphatic rings. The Morgan fingerprint density at radius 2 is 2.02 bits per heavy atom. The monoisotopic (exact) mass is 565 g/mol. The van der Waals surface area contributed by atoms with Crippen molar-refractivity contribution in [3.8, 4) is 11.7 Å². The number of hydrogen-bond acceptors (Lipinski definition) is 7. The van der Waals surface area contributed by atoms with E-state index >= 15 is 0 Å². The van der Waals surface area contributed by atoms with E-state index in [9.17, 15) is 4.79 Å². The number of aromatic nitrogens is 5. The first-order chi connectivity index (χ1) is 18.7. The van der Waals surface area contributed by atoms with Crippen LogP contribution in [0.4, 0.5) is 5.82 Å². The number of anilines is 1. The number of rotatable bonds is 8. The Morgan fingerprint density at radius 3 is 2.67 bits per heavy atom. The molecular formula is C30H43N7O2S. The third-order valence-corrected chi connectivity index (χ3v) is 9.69. The fourth-order valence-electron chi connectivity index (χ4n) is 7.03. The lowest BCUT2D eigenvalue weighted by Crippen LogP contribution is -2.40. The number of carbonyl (C=O) groups is 1. The molecule has 3 aromatic heterocycles. The highest BCUT2D eigenvalue weighted by molar-refractivity contribution is 7.98. The molecule has 1 aliphatic heterocycles. The highest BCUT2D eigenvalue weighted by Gasteiger charge is 2.40. The first-order valence-corrected chi connectivity index (χ1v) is 14.9. The fraction of sp³-hybridized carbons (Fsp3) is 0.600. The summed E-state index contributed by atoms with van der Waals surface area (Å²) in [6.07, 6.45) is 10.2. The lowest BCUT2D eigenvalue weighted by atomic mass is 9.90. The molecular weight excluding hydrogens is 522 g/mol. The average Bonchev–Trinajstić information content (AvgIpc) is 3.71. The van der Waals surface area contributed by atoms with Crippen LogP contribution in [-0.2, 0) is 7.05 Å². The Balaban J connectivity index is 0.00000323. The van der Waals surface area contributed by atoms with Gasteiger partial charge in [0.1, 0.15) is 5.82 Å². The van der Waals surface area contributed by atoms with Crippen molar-refractivity contribution in [3.63, 3.8) is 0 Å². The number of hydrogen-bond donors (Lipinski definition) is 1. The van der Waals surface area contributed by atoms with Crippen LogP contribution >= 0.6 is 11.9 Å². The molecule has 40 heavy (non-hydrogen) atoms. The quantitative estimate of drug-likeness (QED) is 0.344. The molecule has 10 heteroatoms. The van der Waals surface area contributed by atoms with Gasteiger partial charge in [-0.1, -0.05) is 20.8 Å². The molecule has 1 N–H and O–H groups in total. The van der Waals surface area contributed by atoms with Gasteiger partial charge in [-0.05, 0) is 94.2 Å². The Hall–Kier alpha value is -3.01. The van der Waals surface area contributed by atoms with E-state index in [0.29, 0.717) is 34.9 Å². The van der Waals surface area contributed by atoms with E-state index in [1.54, 1.807) is 9.36 Å². The maximum atomic E-state index is 13.5. The van der Waals surface area contributed by atoms with Crippen molar-refractivity contribution in [2.24, 2.45) is 30.7 Å². The molecule has 2 bridgehead atoms. The number of nitrogens with one attached hydrogen (secondary N) is 1. The van der Waals surface area contributed by atoms with Gasteiger partial charge in [-0.2, -0.15) is 5.10 Å². The summed E-state index contributed by atoms with van der Waals surface area (Å²) in [5.41, 5.74) is 1.31. The van der Waals surface area contributed by atoms with E-state index in [-0.39, 0.29) is 18.9 Å². The lowest BCUT2D eigenvalue weighted by molar-refractivity contribution is 0.0984. The van der Waals surface area contributed by atoms with Crippen LogP contribution in [0.2, 0.25) is 0 Å². The van der Waals surface area contributed by atoms with Crippen molar-refractivity contribution in [2.75, 3.05) is 18.1 Å². The summed E-state index contributed by atoms with van der Waals surface area (Å²) in [7, 11) is 1.88. The predicted octanol–water partition coefficient (Wildman–Crippen LogP) is 5.82. The van der Waals surface area contributed by atoms with Crippen molar-refractivity contribution in [2.45, 2.75) is 77.7 Å². The number of carbonyl (C=O) groups excluding carboxylic acids is 1. The van der Waals surface area contributed by atoms with Gasteiger partial charge >= 0.3 is 0 Å². The molecule has 3 fully saturated rings. The first kappa shape index (κ1) is 28.5. The van der Waals surface area contributed by atoms with E-state index in [1.807, 2.05) is 44.6 Å². The van der Waals surface area contributed by atoms with E-state index in [2.05, 4.69) is 40.6 Å². The standard InChI is InChI=1S/C29H39N7O2S.CH4/c1-18-14-29(3,4)35(15-18)27-23(28(37)33-39-24-16-34(5)31-19(24)2)8-9-25(30-27)36-11-10-26(32-36)38-17-22-13-20-6-7-21(22)12-20;/h8-11,16,18,20-22H,6-7,12-15,17H2,1-5H3,(H,33,37);1H4. The van der Waals surface area contributed by atoms with Gasteiger partial charge in [0.05, 0.1) is 22.8 Å². The maximum Gasteiger partial charge on any atom is 0.265 e. The SMILES string of the molecule is C.Cc1nn(C)cc1SNC(=O)c1ccc(-n2ccc(OCC3CC4CCC3C4)n2)nc1N1CC(C)CC1(C)C. The second kappa shape index (κ2) is 11.1. The van der Waals surface area contributed by atoms with Gasteiger partial charge in [0.15, 0.2) is 5.82 Å². The summed E-state index contributed by atoms with van der Waals surface area (Å²) in [6, 6.07) is 5.63. The lowest BCUT2D eigenvalue weighted by Gasteiger charge is -2.34. The first-order valence-electron chi connectivity index (χ1n) is 14.1. The molecule has 0 spiro atoms. The van der Waals surface area contributed by atoms with Crippen LogP contribution in [-0.4, -0.2) is 49.1 Å². The molecule has 4 heterocycles. The molecule has 0 radical (unpaired) electrons. The third-order valence-electron chi connectivity index (χ3n) is 8.78. The van der Waals surface area contributed by atoms with Crippen molar-refractivity contribution < 1.29 is 9.53 Å². The Morgan fingerprint density at radius 1 is 1.20 bits per heavy atom. The van der Waals surface area contributed by atoms with Gasteiger partial charge in [-0.15, -0.1) is 5.10 Å². The van der Waals surface area contributed by atoms with Crippen LogP contribution in [0.1, 0.15) is 76.4 Å². The van der Waals surface area contributed by atoms with Crippen molar-refractivity contribution in [1.29, 1.82) is 0 Å². The molecule has 1 amide bonds. The molecule has 216 valence electrons. The van der Waals surface area contributed by atoms with E-state index in [4.69, 9.17) is 9.72 Å². The fourth-order valence-corrected chi connectivity index (χ4v) is 7.73. The van der Waals surface area contributed by atoms with Crippen LogP contribution in [0.3, 0.4) is 0 Å². The van der Waals surface area contributed by atoms with Gasteiger partial charge in [0, 0.05) is 37.6 Å². The minimum atomic E-state index is -0.178. The van der Waals surface area contributed by atoms with Crippen LogP contribution in [0.25, 0.3) is 5.82 Å². The highest BCUT2D eigenvalue weighted by Crippen LogP contribution is 2.48. The van der Waals surface area contributed by atoms with Gasteiger partial charge in [-0.25, -0.2) is 9.67 Å². The van der Waals surface area contributed by atoms with Gasteiger partial charge in [-0.3, -0.25) is 14.2 Å². The smallest absolute Gasteiger partial charge is 0.265 e. The second-order valence-electron chi connectivity index (χ2n) is 12.4. The molecule has 2 aliphatic carbocycles. The molecule has 4 atom stereocenters. The third kappa shape index (κ3) is 5.60. The summed E-state index contributed by atoms with van der Waals surface area (Å²) in [4.78, 5) is 21.7. The van der Waals surface area contributed by atoms with Crippen molar-refractivity contribution in [1.82, 2.24) is 29.3 Å². The largest absolute Gasteiger partial charge is 0.476 e. The van der Waals surface area contributed by atoms with Crippen molar-refractivity contribution in [3.05, 3.63) is 41.9 Å². The molecule has 4 unspecified atom stereocenters. The Kier molecular flexibility index (Phi) is 7.92. The topological polar surface area (TPSA) is 90.1 Å². The summed E-state index contributed by atoms with van der Waals surface area (Å²) in [6.45, 7) is 10.2. The van der Waals surface area contributed by atoms with Gasteiger partial charge in [0.2, 0.25) is 5.88 Å². The second-order valence-corrected chi connectivity index (χ2v) is 13.3. The molecule has 9 nitrogen and oxygen atoms in total. The number of fused-ring (bicyclic) bond motifs is 2. The van der Waals surface area contributed by atoms with Crippen LogP contribution in [0.5, 0.6) is 5.88 Å². The predicted molar refractivity (Wildman–Crippen MR) is 159 cm³/mol. The molecule has 3 aromatic rings. The number of ether oxygens (including phenoxy) is 1. The Bertz CT molecular complexity index is 1370. The van der Waals surface area contributed by atoms with Gasteiger partial charge in [0.25, 0.3) is 5.91 Å². The van der Waals surface area contributed by atoms with E-state index in [1.165, 1.54) is 37.6 Å². The zero-order valence-corrected chi connectivity index (χ0v) is 24.4. The average molecular weight is 566 g/mol. The highest BCUT2D eigenvalue weighted by atomic mass is 32.2. The van der Waals surface area contributed by atoms with Crippen LogP contribution < -0.4 is 14.4 Å². The van der Waals surface area contributed by atoms with Crippen molar-refractivity contribution >= 4 is 23.7 Å². The van der Waals surface area contributed by atoms with Crippen LogP contribution in [0, 0.1) is 30.6 Å². The number of pyridine rings is 1. The summed E-state index contributed by atoms with van der Waals surface area (Å²) in [5, 5.41) is 9.05. The number of aryl methyl sites for hydroxylation is 2. The Labute approximate surface area is 242 Å². The van der Waals surface area contributed by atoms with E-state index < -0.39 is 0 Å². The molecule has 0 aromatic carbocycles. The summed E-state index contributed by atoms with van der Waals surface area (Å²) >= 11 is 1.28. The van der Waals surface area contributed by atoms with Crippen LogP contribution in [0.15, 0.2) is 35.5 Å². The zero-order valence-electron chi connectivity index (χ0n) is 23.6. The van der Waals surface area contributed by atoms with E-state index in [0.717, 1.165) is 42.0 Å². The summed E-state index contributed by atoms with van der Waals surface area (Å²) in [5.74, 6) is 4.69. The molecule has 6 rings (SSSR count).